The third-order valence-electron chi connectivity index (χ3n) is 8.14. The van der Waals surface area contributed by atoms with Gasteiger partial charge in [0.15, 0.2) is 0 Å². The lowest BCUT2D eigenvalue weighted by atomic mass is 10.1. The number of para-hydroxylation sites is 1. The molecule has 44 heavy (non-hydrogen) atoms. The standard InChI is InChI=1S/C32H34F4N6O2/c1-21-29(40-16-14-39(15-17-40)18-23-10-5-6-13-27(23)37)30(43)42(20-28(38)22-8-3-2-4-9-22)31(44)41(21)19-24-25(32(34,35)36)11-7-12-26(24)33/h2-13,28H,14-20,37-38H2,1H3/t28-/m0/s1. The largest absolute Gasteiger partial charge is 0.416 e. The Morgan fingerprint density at radius 3 is 2.16 bits per heavy atom. The van der Waals surface area contributed by atoms with Gasteiger partial charge in [0.25, 0.3) is 5.56 Å². The summed E-state index contributed by atoms with van der Waals surface area (Å²) < 4.78 is 58.5. The average molecular weight is 611 g/mol. The average Bonchev–Trinajstić information content (AvgIpc) is 3.00. The van der Waals surface area contributed by atoms with E-state index < -0.39 is 47.0 Å². The molecule has 0 amide bonds. The smallest absolute Gasteiger partial charge is 0.398 e. The summed E-state index contributed by atoms with van der Waals surface area (Å²) in [4.78, 5) is 31.8. The van der Waals surface area contributed by atoms with Gasteiger partial charge in [0.05, 0.1) is 18.7 Å². The summed E-state index contributed by atoms with van der Waals surface area (Å²) in [5.41, 5.74) is 11.9. The highest BCUT2D eigenvalue weighted by Gasteiger charge is 2.35. The molecule has 232 valence electrons. The predicted octanol–water partition coefficient (Wildman–Crippen LogP) is 4.13. The van der Waals surface area contributed by atoms with E-state index in [2.05, 4.69) is 4.90 Å². The number of benzene rings is 3. The Balaban J connectivity index is 1.54. The second kappa shape index (κ2) is 12.7. The van der Waals surface area contributed by atoms with Crippen LogP contribution >= 0.6 is 0 Å². The van der Waals surface area contributed by atoms with Gasteiger partial charge in [-0.25, -0.2) is 9.18 Å². The molecule has 1 aliphatic rings. The fraction of sp³-hybridized carbons (Fsp3) is 0.312. The number of rotatable bonds is 8. The van der Waals surface area contributed by atoms with Crippen molar-refractivity contribution in [2.24, 2.45) is 5.73 Å². The van der Waals surface area contributed by atoms with E-state index in [9.17, 15) is 27.2 Å². The number of hydrogen-bond donors (Lipinski definition) is 2. The summed E-state index contributed by atoms with van der Waals surface area (Å²) in [7, 11) is 0. The van der Waals surface area contributed by atoms with Crippen LogP contribution in [0.3, 0.4) is 0 Å². The normalized spacial score (nSPS) is 15.0. The van der Waals surface area contributed by atoms with E-state index in [0.717, 1.165) is 32.9 Å². The minimum Gasteiger partial charge on any atom is -0.398 e. The zero-order valence-corrected chi connectivity index (χ0v) is 24.2. The highest BCUT2D eigenvalue weighted by molar-refractivity contribution is 5.50. The summed E-state index contributed by atoms with van der Waals surface area (Å²) >= 11 is 0. The summed E-state index contributed by atoms with van der Waals surface area (Å²) in [5.74, 6) is -1.10. The topological polar surface area (TPSA) is 103 Å². The predicted molar refractivity (Wildman–Crippen MR) is 162 cm³/mol. The van der Waals surface area contributed by atoms with E-state index in [-0.39, 0.29) is 17.9 Å². The zero-order chi connectivity index (χ0) is 31.6. The molecular weight excluding hydrogens is 576 g/mol. The molecule has 0 unspecified atom stereocenters. The molecule has 0 aliphatic carbocycles. The molecule has 12 heteroatoms. The van der Waals surface area contributed by atoms with Crippen LogP contribution in [0, 0.1) is 12.7 Å². The first-order valence-electron chi connectivity index (χ1n) is 14.3. The van der Waals surface area contributed by atoms with E-state index in [1.54, 1.807) is 30.3 Å². The third-order valence-corrected chi connectivity index (χ3v) is 8.14. The van der Waals surface area contributed by atoms with Crippen molar-refractivity contribution in [2.45, 2.75) is 38.8 Å². The fourth-order valence-corrected chi connectivity index (χ4v) is 5.69. The number of aromatic nitrogens is 2. The third kappa shape index (κ3) is 6.41. The molecule has 1 fully saturated rings. The second-order valence-electron chi connectivity index (χ2n) is 11.0. The van der Waals surface area contributed by atoms with Crippen molar-refractivity contribution >= 4 is 11.4 Å². The molecule has 0 bridgehead atoms. The van der Waals surface area contributed by atoms with Crippen molar-refractivity contribution in [2.75, 3.05) is 36.8 Å². The van der Waals surface area contributed by atoms with Crippen molar-refractivity contribution in [3.63, 3.8) is 0 Å². The van der Waals surface area contributed by atoms with Crippen molar-refractivity contribution in [3.8, 4) is 0 Å². The van der Waals surface area contributed by atoms with Gasteiger partial charge in [-0.15, -0.1) is 0 Å². The van der Waals surface area contributed by atoms with E-state index in [0.29, 0.717) is 44.0 Å². The summed E-state index contributed by atoms with van der Waals surface area (Å²) in [6.07, 6.45) is -4.85. The Morgan fingerprint density at radius 1 is 0.841 bits per heavy atom. The SMILES string of the molecule is Cc1c(N2CCN(Cc3ccccc3N)CC2)c(=O)n(C[C@H](N)c2ccccc2)c(=O)n1Cc1c(F)cccc1C(F)(F)F. The molecule has 1 atom stereocenters. The summed E-state index contributed by atoms with van der Waals surface area (Å²) in [6.45, 7) is 3.16. The maximum atomic E-state index is 14.9. The van der Waals surface area contributed by atoms with Gasteiger partial charge in [-0.2, -0.15) is 13.2 Å². The first-order valence-corrected chi connectivity index (χ1v) is 14.3. The Kier molecular flexibility index (Phi) is 8.93. The highest BCUT2D eigenvalue weighted by Crippen LogP contribution is 2.33. The number of nitrogen functional groups attached to an aromatic ring is 1. The number of alkyl halides is 3. The van der Waals surface area contributed by atoms with Crippen molar-refractivity contribution < 1.29 is 17.6 Å². The molecule has 1 aromatic heterocycles. The number of nitrogens with zero attached hydrogens (tertiary/aromatic N) is 4. The molecule has 0 saturated carbocycles. The van der Waals surface area contributed by atoms with Gasteiger partial charge in [-0.3, -0.25) is 18.8 Å². The number of nitrogens with two attached hydrogens (primary N) is 2. The van der Waals surface area contributed by atoms with Gasteiger partial charge in [0.2, 0.25) is 0 Å². The minimum absolute atomic E-state index is 0.154. The zero-order valence-electron chi connectivity index (χ0n) is 24.2. The number of hydrogen-bond acceptors (Lipinski definition) is 6. The lowest BCUT2D eigenvalue weighted by Gasteiger charge is -2.37. The lowest BCUT2D eigenvalue weighted by Crippen LogP contribution is -2.51. The molecule has 8 nitrogen and oxygen atoms in total. The summed E-state index contributed by atoms with van der Waals surface area (Å²) in [5, 5.41) is 0. The van der Waals surface area contributed by atoms with Gasteiger partial charge >= 0.3 is 11.9 Å². The molecule has 0 spiro atoms. The van der Waals surface area contributed by atoms with Crippen molar-refractivity contribution in [1.29, 1.82) is 0 Å². The molecule has 2 heterocycles. The second-order valence-corrected chi connectivity index (χ2v) is 11.0. The fourth-order valence-electron chi connectivity index (χ4n) is 5.69. The minimum atomic E-state index is -4.85. The monoisotopic (exact) mass is 610 g/mol. The Bertz CT molecular complexity index is 1740. The van der Waals surface area contributed by atoms with Crippen molar-refractivity contribution in [3.05, 3.63) is 127 Å². The maximum absolute atomic E-state index is 14.9. The van der Waals surface area contributed by atoms with Gasteiger partial charge in [-0.1, -0.05) is 54.6 Å². The van der Waals surface area contributed by atoms with E-state index in [1.165, 1.54) is 6.92 Å². The molecule has 1 saturated heterocycles. The summed E-state index contributed by atoms with van der Waals surface area (Å²) in [6, 6.07) is 18.4. The van der Waals surface area contributed by atoms with Gasteiger partial charge in [-0.05, 0) is 36.2 Å². The van der Waals surface area contributed by atoms with Crippen LogP contribution in [-0.2, 0) is 25.8 Å². The van der Waals surface area contributed by atoms with Crippen LogP contribution in [0.1, 0.15) is 34.0 Å². The number of halogens is 4. The molecule has 1 aliphatic heterocycles. The number of anilines is 2. The van der Waals surface area contributed by atoms with Crippen LogP contribution in [0.5, 0.6) is 0 Å². The lowest BCUT2D eigenvalue weighted by molar-refractivity contribution is -0.138. The number of piperazine rings is 1. The van der Waals surface area contributed by atoms with Gasteiger partial charge in [0.1, 0.15) is 11.5 Å². The quantitative estimate of drug-likeness (QED) is 0.230. The molecule has 4 aromatic rings. The molecule has 4 N–H and O–H groups in total. The highest BCUT2D eigenvalue weighted by atomic mass is 19.4. The van der Waals surface area contributed by atoms with E-state index in [1.807, 2.05) is 29.2 Å². The van der Waals surface area contributed by atoms with Gasteiger partial charge < -0.3 is 16.4 Å². The molecule has 5 rings (SSSR count). The Hall–Kier alpha value is -4.42. The first-order chi connectivity index (χ1) is 21.0. The van der Waals surface area contributed by atoms with Crippen LogP contribution in [0.2, 0.25) is 0 Å². The van der Waals surface area contributed by atoms with Crippen LogP contribution < -0.4 is 27.6 Å². The first kappa shape index (κ1) is 31.0. The van der Waals surface area contributed by atoms with E-state index >= 15 is 0 Å². The van der Waals surface area contributed by atoms with Gasteiger partial charge in [0, 0.05) is 55.7 Å². The van der Waals surface area contributed by atoms with Crippen LogP contribution in [0.4, 0.5) is 28.9 Å². The molecule has 3 aromatic carbocycles. The molecule has 0 radical (unpaired) electrons. The van der Waals surface area contributed by atoms with Crippen LogP contribution in [0.15, 0.2) is 82.4 Å². The maximum Gasteiger partial charge on any atom is 0.416 e. The van der Waals surface area contributed by atoms with Crippen molar-refractivity contribution in [1.82, 2.24) is 14.0 Å². The Morgan fingerprint density at radius 2 is 1.50 bits per heavy atom. The van der Waals surface area contributed by atoms with Crippen LogP contribution in [0.25, 0.3) is 0 Å². The van der Waals surface area contributed by atoms with E-state index in [4.69, 9.17) is 11.5 Å². The van der Waals surface area contributed by atoms with Crippen LogP contribution in [-0.4, -0.2) is 40.2 Å². The molecular formula is C32H34F4N6O2. The Labute approximate surface area is 251 Å².